The van der Waals surface area contributed by atoms with Gasteiger partial charge in [-0.1, -0.05) is 18.2 Å². The largest absolute Gasteiger partial charge is 0.505 e. The van der Waals surface area contributed by atoms with Gasteiger partial charge in [-0.3, -0.25) is 9.78 Å². The van der Waals surface area contributed by atoms with Crippen molar-refractivity contribution >= 4 is 23.1 Å². The van der Waals surface area contributed by atoms with Gasteiger partial charge in [-0.2, -0.15) is 5.10 Å². The second-order valence-corrected chi connectivity index (χ2v) is 5.54. The fourth-order valence-electron chi connectivity index (χ4n) is 2.52. The van der Waals surface area contributed by atoms with Gasteiger partial charge in [0.25, 0.3) is 0 Å². The lowest BCUT2D eigenvalue weighted by Gasteiger charge is -2.06. The van der Waals surface area contributed by atoms with Crippen molar-refractivity contribution in [1.29, 1.82) is 0 Å². The van der Waals surface area contributed by atoms with Crippen molar-refractivity contribution in [1.82, 2.24) is 10.4 Å². The van der Waals surface area contributed by atoms with Crippen LogP contribution in [0.4, 0.5) is 0 Å². The lowest BCUT2D eigenvalue weighted by atomic mass is 10.1. The van der Waals surface area contributed by atoms with Gasteiger partial charge in [0.2, 0.25) is 0 Å². The molecule has 0 aliphatic carbocycles. The van der Waals surface area contributed by atoms with E-state index >= 15 is 0 Å². The summed E-state index contributed by atoms with van der Waals surface area (Å²) in [5, 5.41) is 24.1. The number of pyridine rings is 1. The molecule has 0 atom stereocenters. The smallest absolute Gasteiger partial charge is 0.307 e. The van der Waals surface area contributed by atoms with Crippen molar-refractivity contribution in [3.8, 4) is 5.75 Å². The molecule has 128 valence electrons. The first-order valence-electron chi connectivity index (χ1n) is 7.62. The number of aromatic nitrogens is 1. The summed E-state index contributed by atoms with van der Waals surface area (Å²) in [5.74, 6) is -0.416. The van der Waals surface area contributed by atoms with Crippen LogP contribution in [0.2, 0.25) is 0 Å². The third kappa shape index (κ3) is 3.09. The molecular formula is C18H17N3O4. The summed E-state index contributed by atoms with van der Waals surface area (Å²) in [6, 6.07) is 7.36. The number of para-hydroxylation sites is 1. The molecule has 25 heavy (non-hydrogen) atoms. The molecule has 7 nitrogen and oxygen atoms in total. The van der Waals surface area contributed by atoms with E-state index in [2.05, 4.69) is 15.5 Å². The second-order valence-electron chi connectivity index (χ2n) is 5.54. The van der Waals surface area contributed by atoms with Gasteiger partial charge < -0.3 is 14.6 Å². The molecule has 3 rings (SSSR count). The van der Waals surface area contributed by atoms with Crippen molar-refractivity contribution in [3.63, 3.8) is 0 Å². The molecule has 0 saturated carbocycles. The molecule has 0 unspecified atom stereocenters. The van der Waals surface area contributed by atoms with Gasteiger partial charge >= 0.3 is 5.91 Å². The average Bonchev–Trinajstić information content (AvgIpc) is 2.96. The first-order chi connectivity index (χ1) is 12.0. The highest BCUT2D eigenvalue weighted by Crippen LogP contribution is 2.25. The Morgan fingerprint density at radius 2 is 2.12 bits per heavy atom. The maximum atomic E-state index is 12.3. The van der Waals surface area contributed by atoms with E-state index in [9.17, 15) is 15.0 Å². The van der Waals surface area contributed by atoms with Crippen molar-refractivity contribution in [2.24, 2.45) is 5.10 Å². The topological polar surface area (TPSA) is 108 Å². The van der Waals surface area contributed by atoms with E-state index in [1.54, 1.807) is 19.9 Å². The number of carbonyl (C=O) groups is 1. The summed E-state index contributed by atoms with van der Waals surface area (Å²) in [7, 11) is 0. The number of fused-ring (bicyclic) bond motifs is 1. The van der Waals surface area contributed by atoms with Crippen LogP contribution in [0.15, 0.2) is 40.0 Å². The maximum Gasteiger partial charge on any atom is 0.307 e. The van der Waals surface area contributed by atoms with Crippen LogP contribution in [0.25, 0.3) is 11.0 Å². The number of furan rings is 1. The van der Waals surface area contributed by atoms with Crippen LogP contribution in [0, 0.1) is 13.8 Å². The molecule has 1 aromatic carbocycles. The SMILES string of the molecule is Cc1ncc(CO)c(/C=N/NC(=O)c2oc3ccccc3c2C)c1O. The average molecular weight is 339 g/mol. The number of aromatic hydroxyl groups is 1. The zero-order valence-corrected chi connectivity index (χ0v) is 13.8. The predicted molar refractivity (Wildman–Crippen MR) is 92.6 cm³/mol. The van der Waals surface area contributed by atoms with E-state index in [0.29, 0.717) is 22.4 Å². The molecule has 3 N–H and O–H groups in total. The number of nitrogens with zero attached hydrogens (tertiary/aromatic N) is 2. The maximum absolute atomic E-state index is 12.3. The molecule has 3 aromatic rings. The molecule has 0 aliphatic rings. The van der Waals surface area contributed by atoms with E-state index in [4.69, 9.17) is 4.42 Å². The molecule has 0 bridgehead atoms. The molecule has 2 aromatic heterocycles. The third-order valence-corrected chi connectivity index (χ3v) is 3.94. The number of hydrogen-bond donors (Lipinski definition) is 3. The van der Waals surface area contributed by atoms with Crippen molar-refractivity contribution in [2.75, 3.05) is 0 Å². The Hall–Kier alpha value is -3.19. The Morgan fingerprint density at radius 1 is 1.36 bits per heavy atom. The zero-order valence-electron chi connectivity index (χ0n) is 13.8. The van der Waals surface area contributed by atoms with Gasteiger partial charge in [0.1, 0.15) is 11.3 Å². The number of aryl methyl sites for hydroxylation is 2. The van der Waals surface area contributed by atoms with E-state index in [1.165, 1.54) is 12.4 Å². The lowest BCUT2D eigenvalue weighted by molar-refractivity contribution is 0.0928. The number of carbonyl (C=O) groups excluding carboxylic acids is 1. The highest BCUT2D eigenvalue weighted by Gasteiger charge is 2.17. The summed E-state index contributed by atoms with van der Waals surface area (Å²) < 4.78 is 5.57. The molecule has 1 amide bonds. The monoisotopic (exact) mass is 339 g/mol. The number of amides is 1. The van der Waals surface area contributed by atoms with Crippen molar-refractivity contribution in [3.05, 3.63) is 58.6 Å². The predicted octanol–water partition coefficient (Wildman–Crippen LogP) is 2.41. The van der Waals surface area contributed by atoms with E-state index in [1.807, 2.05) is 18.2 Å². The van der Waals surface area contributed by atoms with Gasteiger partial charge in [0.15, 0.2) is 5.76 Å². The minimum atomic E-state index is -0.499. The highest BCUT2D eigenvalue weighted by atomic mass is 16.3. The summed E-state index contributed by atoms with van der Waals surface area (Å²) in [5.41, 5.74) is 4.83. The number of rotatable bonds is 4. The van der Waals surface area contributed by atoms with E-state index in [-0.39, 0.29) is 18.1 Å². The van der Waals surface area contributed by atoms with Crippen molar-refractivity contribution in [2.45, 2.75) is 20.5 Å². The lowest BCUT2D eigenvalue weighted by Crippen LogP contribution is -2.18. The summed E-state index contributed by atoms with van der Waals surface area (Å²) in [4.78, 5) is 16.3. The number of aliphatic hydroxyl groups excluding tert-OH is 1. The van der Waals surface area contributed by atoms with E-state index in [0.717, 1.165) is 10.9 Å². The number of benzene rings is 1. The normalized spacial score (nSPS) is 11.3. The van der Waals surface area contributed by atoms with Crippen LogP contribution in [0.1, 0.15) is 32.9 Å². The molecule has 0 radical (unpaired) electrons. The van der Waals surface area contributed by atoms with E-state index < -0.39 is 5.91 Å². The molecule has 7 heteroatoms. The summed E-state index contributed by atoms with van der Waals surface area (Å²) >= 11 is 0. The first kappa shape index (κ1) is 16.7. The molecular weight excluding hydrogens is 322 g/mol. The fourth-order valence-corrected chi connectivity index (χ4v) is 2.52. The van der Waals surface area contributed by atoms with Gasteiger partial charge in [0.05, 0.1) is 18.5 Å². The second kappa shape index (κ2) is 6.74. The number of hydrazone groups is 1. The third-order valence-electron chi connectivity index (χ3n) is 3.94. The van der Waals surface area contributed by atoms with Crippen LogP contribution in [-0.4, -0.2) is 27.3 Å². The number of aliphatic hydroxyl groups is 1. The summed E-state index contributed by atoms with van der Waals surface area (Å²) in [6.07, 6.45) is 2.72. The molecule has 0 fully saturated rings. The number of nitrogens with one attached hydrogen (secondary N) is 1. The zero-order chi connectivity index (χ0) is 18.0. The van der Waals surface area contributed by atoms with Gasteiger partial charge in [0, 0.05) is 28.3 Å². The van der Waals surface area contributed by atoms with Crippen LogP contribution in [0.3, 0.4) is 0 Å². The molecule has 0 saturated heterocycles. The molecule has 0 spiro atoms. The molecule has 0 aliphatic heterocycles. The van der Waals surface area contributed by atoms with Crippen LogP contribution in [0.5, 0.6) is 5.75 Å². The van der Waals surface area contributed by atoms with Crippen LogP contribution < -0.4 is 5.43 Å². The quantitative estimate of drug-likeness (QED) is 0.500. The minimum absolute atomic E-state index is 0.0931. The Kier molecular flexibility index (Phi) is 4.49. The Bertz CT molecular complexity index is 976. The Balaban J connectivity index is 1.84. The number of hydrogen-bond acceptors (Lipinski definition) is 6. The summed E-state index contributed by atoms with van der Waals surface area (Å²) in [6.45, 7) is 3.12. The first-order valence-corrected chi connectivity index (χ1v) is 7.62. The van der Waals surface area contributed by atoms with Crippen LogP contribution in [-0.2, 0) is 6.61 Å². The van der Waals surface area contributed by atoms with Crippen LogP contribution >= 0.6 is 0 Å². The Labute approximate surface area is 143 Å². The minimum Gasteiger partial charge on any atom is -0.505 e. The van der Waals surface area contributed by atoms with Gasteiger partial charge in [-0.25, -0.2) is 5.43 Å². The molecule has 2 heterocycles. The van der Waals surface area contributed by atoms with Gasteiger partial charge in [-0.05, 0) is 19.9 Å². The standard InChI is InChI=1S/C18H17N3O4/c1-10-13-5-3-4-6-15(13)25-17(10)18(24)21-20-8-14-12(9-22)7-19-11(2)16(14)23/h3-8,22-23H,9H2,1-2H3,(H,21,24)/b20-8+. The highest BCUT2D eigenvalue weighted by molar-refractivity contribution is 5.99. The fraction of sp³-hybridized carbons (Fsp3) is 0.167. The Morgan fingerprint density at radius 3 is 2.84 bits per heavy atom. The van der Waals surface area contributed by atoms with Gasteiger partial charge in [-0.15, -0.1) is 0 Å². The van der Waals surface area contributed by atoms with Crippen molar-refractivity contribution < 1.29 is 19.4 Å².